The van der Waals surface area contributed by atoms with Crippen LogP contribution in [0.25, 0.3) is 0 Å². The highest BCUT2D eigenvalue weighted by Crippen LogP contribution is 2.47. The van der Waals surface area contributed by atoms with E-state index in [9.17, 15) is 8.78 Å². The summed E-state index contributed by atoms with van der Waals surface area (Å²) in [6.45, 7) is 2.34. The molecule has 3 rings (SSSR count). The fraction of sp³-hybridized carbons (Fsp3) is 1.00. The molecule has 0 aliphatic heterocycles. The number of hydrogen-bond donors (Lipinski definition) is 0. The van der Waals surface area contributed by atoms with Gasteiger partial charge in [-0.15, -0.1) is 11.6 Å². The van der Waals surface area contributed by atoms with Crippen molar-refractivity contribution in [2.75, 3.05) is 0 Å². The second kappa shape index (κ2) is 7.36. The Morgan fingerprint density at radius 3 is 1.91 bits per heavy atom. The second-order valence-electron chi connectivity index (χ2n) is 8.38. The first kappa shape index (κ1) is 17.0. The van der Waals surface area contributed by atoms with Crippen molar-refractivity contribution in [2.45, 2.75) is 88.9 Å². The van der Waals surface area contributed by atoms with Crippen LogP contribution in [0, 0.1) is 29.6 Å². The van der Waals surface area contributed by atoms with Crippen molar-refractivity contribution in [1.82, 2.24) is 0 Å². The van der Waals surface area contributed by atoms with E-state index in [1.165, 1.54) is 32.1 Å². The SMILES string of the molecule is CC1CCC(C2CCC(C3CCC(Cl)[C@H](F)C3)C(F)C2)CC1. The first-order valence-corrected chi connectivity index (χ1v) is 9.90. The van der Waals surface area contributed by atoms with Crippen LogP contribution in [0.2, 0.25) is 0 Å². The summed E-state index contributed by atoms with van der Waals surface area (Å²) < 4.78 is 28.6. The Labute approximate surface area is 139 Å². The Hall–Kier alpha value is 0.150. The lowest BCUT2D eigenvalue weighted by atomic mass is 9.65. The molecular weight excluding hydrogens is 302 g/mol. The van der Waals surface area contributed by atoms with Crippen LogP contribution in [0.5, 0.6) is 0 Å². The molecule has 0 bridgehead atoms. The molecular formula is C19H31ClF2. The number of hydrogen-bond acceptors (Lipinski definition) is 0. The average Bonchev–Trinajstić information content (AvgIpc) is 2.51. The molecule has 0 nitrogen and oxygen atoms in total. The fourth-order valence-electron chi connectivity index (χ4n) is 5.38. The van der Waals surface area contributed by atoms with Gasteiger partial charge in [-0.25, -0.2) is 8.78 Å². The van der Waals surface area contributed by atoms with Gasteiger partial charge in [-0.05, 0) is 81.0 Å². The lowest BCUT2D eigenvalue weighted by Gasteiger charge is -2.43. The molecule has 0 saturated heterocycles. The average molecular weight is 333 g/mol. The van der Waals surface area contributed by atoms with Crippen LogP contribution in [0.3, 0.4) is 0 Å². The third kappa shape index (κ3) is 3.79. The summed E-state index contributed by atoms with van der Waals surface area (Å²) in [6, 6.07) is 0. The van der Waals surface area contributed by atoms with Gasteiger partial charge in [-0.2, -0.15) is 0 Å². The predicted molar refractivity (Wildman–Crippen MR) is 88.7 cm³/mol. The molecule has 0 aromatic carbocycles. The Kier molecular flexibility index (Phi) is 5.69. The minimum Gasteiger partial charge on any atom is -0.247 e. The van der Waals surface area contributed by atoms with E-state index in [1.807, 2.05) is 0 Å². The van der Waals surface area contributed by atoms with Gasteiger partial charge in [-0.3, -0.25) is 0 Å². The van der Waals surface area contributed by atoms with Crippen molar-refractivity contribution in [3.63, 3.8) is 0 Å². The van der Waals surface area contributed by atoms with E-state index in [0.717, 1.165) is 37.5 Å². The van der Waals surface area contributed by atoms with Gasteiger partial charge in [0.05, 0.1) is 5.38 Å². The molecule has 5 unspecified atom stereocenters. The minimum atomic E-state index is -0.926. The Balaban J connectivity index is 1.52. The van der Waals surface area contributed by atoms with Gasteiger partial charge in [0.2, 0.25) is 0 Å². The molecule has 128 valence electrons. The van der Waals surface area contributed by atoms with Crippen molar-refractivity contribution in [1.29, 1.82) is 0 Å². The molecule has 0 aromatic heterocycles. The normalized spacial score (nSPS) is 50.7. The zero-order valence-electron chi connectivity index (χ0n) is 13.8. The van der Waals surface area contributed by atoms with Gasteiger partial charge >= 0.3 is 0 Å². The molecule has 0 amide bonds. The second-order valence-corrected chi connectivity index (χ2v) is 8.94. The third-order valence-electron chi connectivity index (χ3n) is 6.93. The van der Waals surface area contributed by atoms with Crippen LogP contribution in [0.15, 0.2) is 0 Å². The van der Waals surface area contributed by atoms with Crippen LogP contribution in [0.4, 0.5) is 8.78 Å². The maximum absolute atomic E-state index is 14.8. The third-order valence-corrected chi connectivity index (χ3v) is 7.42. The minimum absolute atomic E-state index is 0.0983. The summed E-state index contributed by atoms with van der Waals surface area (Å²) in [7, 11) is 0. The fourth-order valence-corrected chi connectivity index (χ4v) is 5.61. The van der Waals surface area contributed by atoms with E-state index in [2.05, 4.69) is 6.92 Å². The molecule has 0 heterocycles. The summed E-state index contributed by atoms with van der Waals surface area (Å²) in [4.78, 5) is 0. The standard InChI is InChI=1S/C19H31ClF2/c1-12-2-4-13(5-3-12)14-6-8-16(18(21)10-14)15-7-9-17(20)19(22)11-15/h12-19H,2-11H2,1H3/t12?,13?,14?,15?,16?,17?,18?,19-/m1/s1. The van der Waals surface area contributed by atoms with Crippen LogP contribution in [0.1, 0.15) is 71.1 Å². The van der Waals surface area contributed by atoms with Crippen molar-refractivity contribution in [3.8, 4) is 0 Å². The monoisotopic (exact) mass is 332 g/mol. The van der Waals surface area contributed by atoms with Gasteiger partial charge in [0, 0.05) is 0 Å². The first-order chi connectivity index (χ1) is 10.5. The first-order valence-electron chi connectivity index (χ1n) is 9.46. The summed E-state index contributed by atoms with van der Waals surface area (Å²) in [5, 5.41) is -0.338. The van der Waals surface area contributed by atoms with E-state index in [1.54, 1.807) is 0 Å². The van der Waals surface area contributed by atoms with Gasteiger partial charge < -0.3 is 0 Å². The summed E-state index contributed by atoms with van der Waals surface area (Å²) >= 11 is 5.98. The highest BCUT2D eigenvalue weighted by atomic mass is 35.5. The van der Waals surface area contributed by atoms with E-state index in [0.29, 0.717) is 12.3 Å². The van der Waals surface area contributed by atoms with Crippen LogP contribution >= 0.6 is 11.6 Å². The Morgan fingerprint density at radius 1 is 0.682 bits per heavy atom. The quantitative estimate of drug-likeness (QED) is 0.519. The van der Waals surface area contributed by atoms with Crippen molar-refractivity contribution in [2.24, 2.45) is 29.6 Å². The maximum Gasteiger partial charge on any atom is 0.117 e. The predicted octanol–water partition coefficient (Wildman–Crippen LogP) is 6.31. The van der Waals surface area contributed by atoms with E-state index >= 15 is 0 Å². The maximum atomic E-state index is 14.8. The van der Waals surface area contributed by atoms with Gasteiger partial charge in [-0.1, -0.05) is 19.8 Å². The molecule has 22 heavy (non-hydrogen) atoms. The topological polar surface area (TPSA) is 0 Å². The molecule has 3 saturated carbocycles. The van der Waals surface area contributed by atoms with Crippen molar-refractivity contribution >= 4 is 11.6 Å². The lowest BCUT2D eigenvalue weighted by molar-refractivity contribution is 0.0280. The zero-order chi connectivity index (χ0) is 15.7. The molecule has 0 spiro atoms. The number of alkyl halides is 3. The van der Waals surface area contributed by atoms with Crippen molar-refractivity contribution < 1.29 is 8.78 Å². The molecule has 0 N–H and O–H groups in total. The molecule has 3 aliphatic rings. The highest BCUT2D eigenvalue weighted by Gasteiger charge is 2.41. The number of halogens is 3. The van der Waals surface area contributed by atoms with Crippen LogP contribution in [-0.2, 0) is 0 Å². The smallest absolute Gasteiger partial charge is 0.117 e. The molecule has 6 atom stereocenters. The van der Waals surface area contributed by atoms with Gasteiger partial charge in [0.1, 0.15) is 12.3 Å². The highest BCUT2D eigenvalue weighted by molar-refractivity contribution is 6.21. The van der Waals surface area contributed by atoms with Crippen LogP contribution < -0.4 is 0 Å². The summed E-state index contributed by atoms with van der Waals surface area (Å²) in [6.07, 6.45) is 8.63. The van der Waals surface area contributed by atoms with Gasteiger partial charge in [0.25, 0.3) is 0 Å². The Morgan fingerprint density at radius 2 is 1.27 bits per heavy atom. The molecule has 3 aliphatic carbocycles. The summed E-state index contributed by atoms with van der Waals surface area (Å²) in [5.74, 6) is 2.53. The van der Waals surface area contributed by atoms with Gasteiger partial charge in [0.15, 0.2) is 0 Å². The molecule has 3 fully saturated rings. The van der Waals surface area contributed by atoms with E-state index < -0.39 is 12.3 Å². The van der Waals surface area contributed by atoms with Crippen molar-refractivity contribution in [3.05, 3.63) is 0 Å². The van der Waals surface area contributed by atoms with E-state index in [-0.39, 0.29) is 17.2 Å². The zero-order valence-corrected chi connectivity index (χ0v) is 14.6. The largest absolute Gasteiger partial charge is 0.247 e. The molecule has 0 aromatic rings. The molecule has 0 radical (unpaired) electrons. The van der Waals surface area contributed by atoms with Crippen LogP contribution in [-0.4, -0.2) is 17.7 Å². The number of rotatable bonds is 2. The van der Waals surface area contributed by atoms with E-state index in [4.69, 9.17) is 11.6 Å². The lowest BCUT2D eigenvalue weighted by Crippen LogP contribution is -2.39. The molecule has 3 heteroatoms. The summed E-state index contributed by atoms with van der Waals surface area (Å²) in [5.41, 5.74) is 0. The Bertz CT molecular complexity index is 353.